The van der Waals surface area contributed by atoms with Crippen molar-refractivity contribution >= 4 is 58.1 Å². The molecule has 0 aliphatic rings. The third-order valence-corrected chi connectivity index (χ3v) is 5.76. The molecule has 3 rings (SSSR count). The number of benzene rings is 1. The number of anilines is 1. The van der Waals surface area contributed by atoms with Crippen molar-refractivity contribution in [3.63, 3.8) is 0 Å². The molecular weight excluding hydrogens is 520 g/mol. The second kappa shape index (κ2) is 9.86. The summed E-state index contributed by atoms with van der Waals surface area (Å²) in [4.78, 5) is 12.6. The number of rotatable bonds is 7. The van der Waals surface area contributed by atoms with Gasteiger partial charge >= 0.3 is 0 Å². The van der Waals surface area contributed by atoms with Crippen molar-refractivity contribution in [1.29, 1.82) is 0 Å². The van der Waals surface area contributed by atoms with Crippen LogP contribution in [0.25, 0.3) is 0 Å². The Hall–Kier alpha value is -2.01. The van der Waals surface area contributed by atoms with E-state index in [1.807, 2.05) is 0 Å². The lowest BCUT2D eigenvalue weighted by molar-refractivity contribution is -0.119. The van der Waals surface area contributed by atoms with Crippen molar-refractivity contribution < 1.29 is 22.4 Å². The van der Waals surface area contributed by atoms with Crippen LogP contribution in [0.5, 0.6) is 0 Å². The highest BCUT2D eigenvalue weighted by atomic mass is 35.5. The average molecular weight is 533 g/mol. The van der Waals surface area contributed by atoms with Gasteiger partial charge in [0.25, 0.3) is 12.9 Å². The summed E-state index contributed by atoms with van der Waals surface area (Å²) in [5.74, 6) is -0.928. The molecule has 2 heterocycles. The van der Waals surface area contributed by atoms with Gasteiger partial charge in [-0.05, 0) is 24.6 Å². The van der Waals surface area contributed by atoms with Crippen LogP contribution >= 0.6 is 46.4 Å². The van der Waals surface area contributed by atoms with Gasteiger partial charge in [-0.15, -0.1) is 0 Å². The molecule has 32 heavy (non-hydrogen) atoms. The Kier molecular flexibility index (Phi) is 7.59. The highest BCUT2D eigenvalue weighted by Crippen LogP contribution is 2.36. The van der Waals surface area contributed by atoms with E-state index in [-0.39, 0.29) is 17.4 Å². The lowest BCUT2D eigenvalue weighted by atomic mass is 10.2. The van der Waals surface area contributed by atoms with Gasteiger partial charge in [-0.3, -0.25) is 9.48 Å². The minimum atomic E-state index is -3.23. The number of carbonyl (C=O) groups is 1. The van der Waals surface area contributed by atoms with Gasteiger partial charge < -0.3 is 5.32 Å². The highest BCUT2D eigenvalue weighted by Gasteiger charge is 2.32. The summed E-state index contributed by atoms with van der Waals surface area (Å²) in [6.07, 6.45) is -5.00. The van der Waals surface area contributed by atoms with Crippen molar-refractivity contribution in [3.8, 4) is 0 Å². The van der Waals surface area contributed by atoms with Crippen LogP contribution < -0.4 is 5.32 Å². The monoisotopic (exact) mass is 531 g/mol. The summed E-state index contributed by atoms with van der Waals surface area (Å²) >= 11 is 23.6. The highest BCUT2D eigenvalue weighted by molar-refractivity contribution is 6.42. The molecule has 2 aromatic heterocycles. The number of hydrogen-bond donors (Lipinski definition) is 1. The Bertz CT molecular complexity index is 1150. The van der Waals surface area contributed by atoms with Crippen LogP contribution in [0.1, 0.15) is 42.8 Å². The van der Waals surface area contributed by atoms with Crippen molar-refractivity contribution in [1.82, 2.24) is 19.6 Å². The number of aromatic nitrogens is 4. The van der Waals surface area contributed by atoms with Crippen LogP contribution in [0.15, 0.2) is 24.4 Å². The zero-order valence-electron chi connectivity index (χ0n) is 16.0. The fourth-order valence-electron chi connectivity index (χ4n) is 2.80. The summed E-state index contributed by atoms with van der Waals surface area (Å²) in [6.45, 7) is 1.43. The van der Waals surface area contributed by atoms with E-state index in [2.05, 4.69) is 15.5 Å². The van der Waals surface area contributed by atoms with Gasteiger partial charge in [0.2, 0.25) is 5.91 Å². The van der Waals surface area contributed by atoms with Crippen molar-refractivity contribution in [2.45, 2.75) is 32.4 Å². The van der Waals surface area contributed by atoms with Crippen LogP contribution in [-0.4, -0.2) is 25.5 Å². The lowest BCUT2D eigenvalue weighted by Crippen LogP contribution is -2.26. The van der Waals surface area contributed by atoms with E-state index in [0.29, 0.717) is 14.7 Å². The Morgan fingerprint density at radius 1 is 1.03 bits per heavy atom. The van der Waals surface area contributed by atoms with E-state index in [4.69, 9.17) is 46.4 Å². The molecule has 1 aromatic carbocycles. The first kappa shape index (κ1) is 24.6. The predicted octanol–water partition coefficient (Wildman–Crippen LogP) is 6.82. The maximum atomic E-state index is 13.4. The first-order valence-corrected chi connectivity index (χ1v) is 10.3. The van der Waals surface area contributed by atoms with E-state index >= 15 is 0 Å². The van der Waals surface area contributed by atoms with E-state index in [0.717, 1.165) is 5.56 Å². The van der Waals surface area contributed by atoms with Crippen molar-refractivity contribution in [3.05, 3.63) is 61.4 Å². The van der Waals surface area contributed by atoms with Gasteiger partial charge in [0.05, 0.1) is 21.6 Å². The third kappa shape index (κ3) is 5.14. The second-order valence-corrected chi connectivity index (χ2v) is 8.17. The molecule has 0 bridgehead atoms. The molecule has 1 N–H and O–H groups in total. The number of nitrogens with zero attached hydrogens (tertiary/aromatic N) is 4. The van der Waals surface area contributed by atoms with Crippen LogP contribution in [0.2, 0.25) is 20.1 Å². The molecule has 14 heteroatoms. The van der Waals surface area contributed by atoms with Gasteiger partial charge in [-0.25, -0.2) is 22.2 Å². The zero-order chi connectivity index (χ0) is 23.7. The molecule has 0 saturated carbocycles. The number of amides is 1. The van der Waals surface area contributed by atoms with Crippen molar-refractivity contribution in [2.24, 2.45) is 0 Å². The smallest absolute Gasteiger partial charge is 0.283 e. The van der Waals surface area contributed by atoms with E-state index in [1.54, 1.807) is 18.2 Å². The molecular formula is C18H13Cl4F4N5O. The van der Waals surface area contributed by atoms with Crippen molar-refractivity contribution in [2.75, 3.05) is 5.32 Å². The third-order valence-electron chi connectivity index (χ3n) is 4.36. The fraction of sp³-hybridized carbons (Fsp3) is 0.278. The SMILES string of the molecule is CC(C(=O)Nc1nn(Cc2ccc(Cl)c(Cl)c2)cc1Cl)n1nc(C(F)F)c(Cl)c1C(F)F. The molecule has 0 saturated heterocycles. The molecule has 0 fully saturated rings. The van der Waals surface area contributed by atoms with Crippen LogP contribution in [0.4, 0.5) is 23.4 Å². The molecule has 0 spiro atoms. The Balaban J connectivity index is 1.80. The fourth-order valence-corrected chi connectivity index (χ4v) is 3.60. The molecule has 0 aliphatic carbocycles. The molecule has 6 nitrogen and oxygen atoms in total. The molecule has 1 unspecified atom stereocenters. The Labute approximate surface area is 199 Å². The Morgan fingerprint density at radius 2 is 1.72 bits per heavy atom. The summed E-state index contributed by atoms with van der Waals surface area (Å²) in [7, 11) is 0. The number of hydrogen-bond acceptors (Lipinski definition) is 3. The topological polar surface area (TPSA) is 64.7 Å². The van der Waals surface area contributed by atoms with E-state index in [9.17, 15) is 22.4 Å². The number of halogens is 8. The average Bonchev–Trinajstić information content (AvgIpc) is 3.23. The van der Waals surface area contributed by atoms with Crippen LogP contribution in [0, 0.1) is 0 Å². The lowest BCUT2D eigenvalue weighted by Gasteiger charge is -2.15. The van der Waals surface area contributed by atoms with Crippen LogP contribution in [0.3, 0.4) is 0 Å². The standard InChI is InChI=1S/C18H13Cl4F4N5O/c1-7(31-14(16(25)26)12(22)13(28-31)15(23)24)18(32)27-17-11(21)6-30(29-17)5-8-2-3-9(19)10(20)4-8/h2-4,6-7,15-16H,5H2,1H3,(H,27,29,32). The molecule has 0 aliphatic heterocycles. The maximum absolute atomic E-state index is 13.4. The summed E-state index contributed by atoms with van der Waals surface area (Å²) in [5, 5.41) is 9.81. The summed E-state index contributed by atoms with van der Waals surface area (Å²) in [6, 6.07) is 3.55. The Morgan fingerprint density at radius 3 is 2.31 bits per heavy atom. The minimum absolute atomic E-state index is 0.0606. The number of carbonyl (C=O) groups excluding carboxylic acids is 1. The molecule has 1 atom stereocenters. The van der Waals surface area contributed by atoms with Gasteiger partial charge in [0.15, 0.2) is 5.82 Å². The quantitative estimate of drug-likeness (QED) is 0.340. The van der Waals surface area contributed by atoms with Gasteiger partial charge in [0.1, 0.15) is 22.5 Å². The normalized spacial score (nSPS) is 12.6. The van der Waals surface area contributed by atoms with E-state index in [1.165, 1.54) is 17.8 Å². The predicted molar refractivity (Wildman–Crippen MR) is 113 cm³/mol. The number of alkyl halides is 4. The van der Waals surface area contributed by atoms with E-state index < -0.39 is 41.2 Å². The second-order valence-electron chi connectivity index (χ2n) is 6.57. The maximum Gasteiger partial charge on any atom is 0.283 e. The molecule has 1 amide bonds. The zero-order valence-corrected chi connectivity index (χ0v) is 19.0. The molecule has 3 aromatic rings. The van der Waals surface area contributed by atoms with Gasteiger partial charge in [-0.1, -0.05) is 52.5 Å². The number of nitrogens with one attached hydrogen (secondary N) is 1. The van der Waals surface area contributed by atoms with Gasteiger partial charge in [-0.2, -0.15) is 10.2 Å². The minimum Gasteiger partial charge on any atom is -0.306 e. The largest absolute Gasteiger partial charge is 0.306 e. The van der Waals surface area contributed by atoms with Gasteiger partial charge in [0, 0.05) is 6.20 Å². The molecule has 172 valence electrons. The first-order valence-electron chi connectivity index (χ1n) is 8.81. The molecule has 0 radical (unpaired) electrons. The van der Waals surface area contributed by atoms with Crippen LogP contribution in [-0.2, 0) is 11.3 Å². The summed E-state index contributed by atoms with van der Waals surface area (Å²) < 4.78 is 54.7. The first-order chi connectivity index (χ1) is 15.0. The summed E-state index contributed by atoms with van der Waals surface area (Å²) in [5.41, 5.74) is -1.27.